The monoisotopic (exact) mass is 521 g/mol. The van der Waals surface area contributed by atoms with Gasteiger partial charge in [-0.3, -0.25) is 4.90 Å². The average molecular weight is 522 g/mol. The van der Waals surface area contributed by atoms with Gasteiger partial charge in [-0.1, -0.05) is 30.3 Å². The fourth-order valence-electron chi connectivity index (χ4n) is 6.27. The van der Waals surface area contributed by atoms with Crippen LogP contribution in [-0.4, -0.2) is 35.2 Å². The Labute approximate surface area is 220 Å². The van der Waals surface area contributed by atoms with Crippen LogP contribution in [0, 0.1) is 5.82 Å². The molecule has 2 unspecified atom stereocenters. The summed E-state index contributed by atoms with van der Waals surface area (Å²) in [7, 11) is 0. The van der Waals surface area contributed by atoms with Crippen LogP contribution in [-0.2, 0) is 0 Å². The second-order valence-corrected chi connectivity index (χ2v) is 10.4. The molecule has 3 aliphatic rings. The van der Waals surface area contributed by atoms with Gasteiger partial charge in [-0.15, -0.1) is 0 Å². The van der Waals surface area contributed by atoms with Crippen molar-refractivity contribution in [3.63, 3.8) is 0 Å². The molecule has 3 atom stereocenters. The Morgan fingerprint density at radius 2 is 1.87 bits per heavy atom. The first kappa shape index (κ1) is 24.9. The summed E-state index contributed by atoms with van der Waals surface area (Å²) in [6.07, 6.45) is 1.66. The quantitative estimate of drug-likeness (QED) is 0.364. The molecule has 2 saturated heterocycles. The predicted octanol–water partition coefficient (Wildman–Crippen LogP) is 7.54. The number of halogens is 3. The number of alkyl halides is 2. The van der Waals surface area contributed by atoms with Gasteiger partial charge in [0.1, 0.15) is 24.2 Å². The third kappa shape index (κ3) is 4.43. The van der Waals surface area contributed by atoms with Crippen molar-refractivity contribution in [1.82, 2.24) is 4.90 Å². The van der Waals surface area contributed by atoms with E-state index in [0.717, 1.165) is 24.3 Å². The van der Waals surface area contributed by atoms with E-state index in [0.29, 0.717) is 41.1 Å². The molecule has 0 aromatic heterocycles. The van der Waals surface area contributed by atoms with Crippen molar-refractivity contribution in [3.8, 4) is 17.2 Å². The number of phenolic OH excluding ortho intramolecular Hbond substituents is 1. The Bertz CT molecular complexity index is 1370. The molecule has 0 spiro atoms. The van der Waals surface area contributed by atoms with E-state index < -0.39 is 24.1 Å². The third-order valence-electron chi connectivity index (χ3n) is 8.17. The Morgan fingerprint density at radius 3 is 2.66 bits per heavy atom. The topological polar surface area (TPSA) is 41.9 Å². The summed E-state index contributed by atoms with van der Waals surface area (Å²) in [6, 6.07) is 17.6. The highest BCUT2D eigenvalue weighted by Gasteiger charge is 2.37. The van der Waals surface area contributed by atoms with E-state index in [1.54, 1.807) is 19.1 Å². The smallest absolute Gasteiger partial charge is 0.263 e. The summed E-state index contributed by atoms with van der Waals surface area (Å²) in [4.78, 5) is 2.58. The van der Waals surface area contributed by atoms with Crippen LogP contribution in [0.5, 0.6) is 17.2 Å². The number of hydrogen-bond acceptors (Lipinski definition) is 4. The Balaban J connectivity index is 1.31. The summed E-state index contributed by atoms with van der Waals surface area (Å²) in [5.41, 5.74) is 2.41. The van der Waals surface area contributed by atoms with Gasteiger partial charge in [-0.2, -0.15) is 0 Å². The maximum atomic E-state index is 15.0. The van der Waals surface area contributed by atoms with Crippen LogP contribution in [0.25, 0.3) is 11.1 Å². The molecule has 3 aromatic carbocycles. The van der Waals surface area contributed by atoms with Gasteiger partial charge < -0.3 is 14.6 Å². The van der Waals surface area contributed by atoms with Crippen LogP contribution < -0.4 is 9.47 Å². The standard InChI is InChI=1S/C31H30F3NO3/c1-18-27(20-4-2-5-21(16-20)31(33)34)30(38-26-14-13-25(36)29(32)28(18)26)19-7-11-24(12-8-19)37-17-23-10-9-22-6-3-15-35(22)23/h2,4-5,7-8,11-14,16,22-23,30-31,36H,3,6,9-10,15,17H2,1H3/t22?,23-,30?/m0/s1. The summed E-state index contributed by atoms with van der Waals surface area (Å²) >= 11 is 0. The molecule has 7 heteroatoms. The summed E-state index contributed by atoms with van der Waals surface area (Å²) < 4.78 is 54.5. The van der Waals surface area contributed by atoms with E-state index in [-0.39, 0.29) is 11.1 Å². The Hall–Kier alpha value is -3.45. The molecule has 0 bridgehead atoms. The fraction of sp³-hybridized carbons (Fsp3) is 0.355. The number of benzene rings is 3. The molecule has 3 aliphatic heterocycles. The number of ether oxygens (including phenoxy) is 2. The third-order valence-corrected chi connectivity index (χ3v) is 8.17. The minimum Gasteiger partial charge on any atom is -0.505 e. The molecule has 3 aromatic rings. The van der Waals surface area contributed by atoms with Crippen molar-refractivity contribution in [1.29, 1.82) is 0 Å². The van der Waals surface area contributed by atoms with E-state index in [9.17, 15) is 13.9 Å². The second-order valence-electron chi connectivity index (χ2n) is 10.4. The van der Waals surface area contributed by atoms with Crippen LogP contribution in [0.3, 0.4) is 0 Å². The van der Waals surface area contributed by atoms with Gasteiger partial charge in [0.25, 0.3) is 6.43 Å². The van der Waals surface area contributed by atoms with Crippen molar-refractivity contribution in [2.24, 2.45) is 0 Å². The lowest BCUT2D eigenvalue weighted by atomic mass is 9.85. The number of fused-ring (bicyclic) bond motifs is 2. The number of aromatic hydroxyl groups is 1. The van der Waals surface area contributed by atoms with Gasteiger partial charge in [0.2, 0.25) is 0 Å². The minimum absolute atomic E-state index is 0.125. The lowest BCUT2D eigenvalue weighted by Gasteiger charge is -2.31. The van der Waals surface area contributed by atoms with Gasteiger partial charge >= 0.3 is 0 Å². The molecular weight excluding hydrogens is 491 g/mol. The van der Waals surface area contributed by atoms with Gasteiger partial charge in [0.15, 0.2) is 11.6 Å². The molecule has 0 saturated carbocycles. The summed E-state index contributed by atoms with van der Waals surface area (Å²) in [5.74, 6) is -0.240. The molecule has 0 aliphatic carbocycles. The van der Waals surface area contributed by atoms with Crippen LogP contribution in [0.2, 0.25) is 0 Å². The van der Waals surface area contributed by atoms with Crippen LogP contribution >= 0.6 is 0 Å². The number of hydrogen-bond donors (Lipinski definition) is 1. The number of phenols is 1. The molecule has 6 rings (SSSR count). The molecule has 4 nitrogen and oxygen atoms in total. The summed E-state index contributed by atoms with van der Waals surface area (Å²) in [6.45, 7) is 3.53. The van der Waals surface area contributed by atoms with Crippen molar-refractivity contribution < 1.29 is 27.8 Å². The molecule has 2 fully saturated rings. The zero-order chi connectivity index (χ0) is 26.4. The van der Waals surface area contributed by atoms with Crippen molar-refractivity contribution in [2.75, 3.05) is 13.2 Å². The maximum Gasteiger partial charge on any atom is 0.263 e. The molecule has 38 heavy (non-hydrogen) atoms. The first-order chi connectivity index (χ1) is 18.4. The van der Waals surface area contributed by atoms with E-state index in [2.05, 4.69) is 4.90 Å². The molecular formula is C31H30F3NO3. The predicted molar refractivity (Wildman–Crippen MR) is 140 cm³/mol. The SMILES string of the molecule is CC1=C(c2cccc(C(F)F)c2)C(c2ccc(OC[C@@H]3CCC4CCCN43)cc2)Oc2ccc(O)c(F)c21. The highest BCUT2D eigenvalue weighted by Crippen LogP contribution is 2.49. The van der Waals surface area contributed by atoms with E-state index in [1.807, 2.05) is 24.3 Å². The summed E-state index contributed by atoms with van der Waals surface area (Å²) in [5, 5.41) is 9.99. The minimum atomic E-state index is -2.64. The van der Waals surface area contributed by atoms with E-state index in [4.69, 9.17) is 9.47 Å². The molecule has 1 N–H and O–H groups in total. The zero-order valence-electron chi connectivity index (χ0n) is 21.2. The Morgan fingerprint density at radius 1 is 1.05 bits per heavy atom. The van der Waals surface area contributed by atoms with Gasteiger partial charge in [-0.25, -0.2) is 13.2 Å². The molecule has 3 heterocycles. The van der Waals surface area contributed by atoms with Crippen LogP contribution in [0.15, 0.2) is 60.7 Å². The normalized spacial score (nSPS) is 22.9. The molecule has 0 amide bonds. The largest absolute Gasteiger partial charge is 0.505 e. The van der Waals surface area contributed by atoms with Crippen molar-refractivity contribution in [2.45, 2.75) is 57.2 Å². The molecule has 0 radical (unpaired) electrons. The first-order valence-electron chi connectivity index (χ1n) is 13.2. The first-order valence-corrected chi connectivity index (χ1v) is 13.2. The number of nitrogens with zero attached hydrogens (tertiary/aromatic N) is 1. The number of allylic oxidation sites excluding steroid dienone is 1. The van der Waals surface area contributed by atoms with Crippen LogP contribution in [0.4, 0.5) is 13.2 Å². The van der Waals surface area contributed by atoms with Gasteiger partial charge in [-0.05, 0) is 86.2 Å². The van der Waals surface area contributed by atoms with Crippen LogP contribution in [0.1, 0.15) is 67.4 Å². The van der Waals surface area contributed by atoms with Crippen molar-refractivity contribution >= 4 is 11.1 Å². The highest BCUT2D eigenvalue weighted by atomic mass is 19.3. The molecule has 198 valence electrons. The van der Waals surface area contributed by atoms with E-state index >= 15 is 4.39 Å². The second kappa shape index (κ2) is 10.0. The fourth-order valence-corrected chi connectivity index (χ4v) is 6.27. The van der Waals surface area contributed by atoms with Gasteiger partial charge in [0, 0.05) is 23.2 Å². The van der Waals surface area contributed by atoms with Crippen molar-refractivity contribution in [3.05, 3.63) is 88.7 Å². The van der Waals surface area contributed by atoms with Gasteiger partial charge in [0.05, 0.1) is 5.56 Å². The Kier molecular flexibility index (Phi) is 6.56. The average Bonchev–Trinajstić information content (AvgIpc) is 3.54. The zero-order valence-corrected chi connectivity index (χ0v) is 21.2. The maximum absolute atomic E-state index is 15.0. The van der Waals surface area contributed by atoms with E-state index in [1.165, 1.54) is 43.5 Å². The lowest BCUT2D eigenvalue weighted by Crippen LogP contribution is -2.35. The number of rotatable bonds is 6. The lowest BCUT2D eigenvalue weighted by molar-refractivity contribution is 0.151. The highest BCUT2D eigenvalue weighted by molar-refractivity contribution is 5.96.